The molecule has 2 aromatic rings. The second kappa shape index (κ2) is 11.9. The van der Waals surface area contributed by atoms with Gasteiger partial charge in [0.15, 0.2) is 0 Å². The van der Waals surface area contributed by atoms with E-state index >= 15 is 0 Å². The Morgan fingerprint density at radius 1 is 0.739 bits per heavy atom. The van der Waals surface area contributed by atoms with Crippen molar-refractivity contribution < 1.29 is 0 Å². The second-order valence-corrected chi connectivity index (χ2v) is 7.06. The van der Waals surface area contributed by atoms with Crippen LogP contribution in [0.3, 0.4) is 0 Å². The van der Waals surface area contributed by atoms with Crippen molar-refractivity contribution >= 4 is 23.1 Å². The molecule has 0 amide bonds. The molecular formula is C22H34Mg. The minimum Gasteiger partial charge on any atom is -0.213 e. The van der Waals surface area contributed by atoms with Crippen LogP contribution in [-0.2, 0) is 25.7 Å². The average Bonchev–Trinajstić information content (AvgIpc) is 3.07. The largest absolute Gasteiger partial charge is 2.00 e. The molecule has 0 spiro atoms. The van der Waals surface area contributed by atoms with Gasteiger partial charge in [0.2, 0.25) is 0 Å². The fourth-order valence-corrected chi connectivity index (χ4v) is 2.96. The molecule has 2 rings (SSSR count). The molecule has 0 radical (unpaired) electrons. The Labute approximate surface area is 160 Å². The molecule has 0 heterocycles. The summed E-state index contributed by atoms with van der Waals surface area (Å²) in [5, 5.41) is 0. The summed E-state index contributed by atoms with van der Waals surface area (Å²) in [7, 11) is 0. The zero-order valence-electron chi connectivity index (χ0n) is 16.2. The smallest absolute Gasteiger partial charge is 0.213 e. The van der Waals surface area contributed by atoms with Crippen LogP contribution in [0.15, 0.2) is 36.4 Å². The number of hydrogen-bond acceptors (Lipinski definition) is 0. The number of aryl methyl sites for hydroxylation is 2. The number of rotatable bonds is 6. The molecule has 0 aliphatic carbocycles. The molecule has 0 saturated carbocycles. The van der Waals surface area contributed by atoms with Crippen LogP contribution < -0.4 is 0 Å². The predicted octanol–water partition coefficient (Wildman–Crippen LogP) is 5.95. The van der Waals surface area contributed by atoms with Gasteiger partial charge in [0, 0.05) is 0 Å². The molecule has 0 atom stereocenters. The van der Waals surface area contributed by atoms with Crippen LogP contribution in [0.5, 0.6) is 0 Å². The first kappa shape index (κ1) is 22.5. The molecule has 0 nitrogen and oxygen atoms in total. The van der Waals surface area contributed by atoms with E-state index < -0.39 is 0 Å². The second-order valence-electron chi connectivity index (χ2n) is 7.06. The summed E-state index contributed by atoms with van der Waals surface area (Å²) in [5.74, 6) is 1.56. The van der Waals surface area contributed by atoms with Gasteiger partial charge in [0.1, 0.15) is 0 Å². The molecule has 0 aliphatic heterocycles. The van der Waals surface area contributed by atoms with Gasteiger partial charge < -0.3 is 0 Å². The van der Waals surface area contributed by atoms with E-state index in [9.17, 15) is 0 Å². The monoisotopic (exact) mass is 322 g/mol. The zero-order valence-corrected chi connectivity index (χ0v) is 17.6. The third kappa shape index (κ3) is 8.22. The Balaban J connectivity index is 0.000000403. The van der Waals surface area contributed by atoms with Gasteiger partial charge in [0.05, 0.1) is 0 Å². The van der Waals surface area contributed by atoms with Gasteiger partial charge in [-0.15, -0.1) is 0 Å². The minimum absolute atomic E-state index is 0. The van der Waals surface area contributed by atoms with Gasteiger partial charge >= 0.3 is 23.1 Å². The first-order chi connectivity index (χ1) is 10.5. The predicted molar refractivity (Wildman–Crippen MR) is 106 cm³/mol. The molecule has 1 heteroatoms. The quantitative estimate of drug-likeness (QED) is 0.455. The summed E-state index contributed by atoms with van der Waals surface area (Å²) in [4.78, 5) is 0. The van der Waals surface area contributed by atoms with Crippen molar-refractivity contribution in [1.29, 1.82) is 0 Å². The van der Waals surface area contributed by atoms with Crippen molar-refractivity contribution in [2.45, 2.75) is 67.2 Å². The summed E-state index contributed by atoms with van der Waals surface area (Å²) in [5.41, 5.74) is 6.14. The molecule has 0 unspecified atom stereocenters. The molecule has 2 aromatic carbocycles. The van der Waals surface area contributed by atoms with Crippen molar-refractivity contribution in [3.05, 3.63) is 58.7 Å². The third-order valence-corrected chi connectivity index (χ3v) is 4.03. The molecule has 0 N–H and O–H groups in total. The zero-order chi connectivity index (χ0) is 16.5. The van der Waals surface area contributed by atoms with Gasteiger partial charge in [-0.2, -0.15) is 34.4 Å². The summed E-state index contributed by atoms with van der Waals surface area (Å²) < 4.78 is 0. The van der Waals surface area contributed by atoms with E-state index in [1.165, 1.54) is 36.8 Å². The standard InChI is InChI=1S/2C11H17.Mg/c2*1-4-10-6-5-7-11(10)8-9(2)3;/h2*5-7,9H,4,8H2,1-3H3;/q2*-1;+2. The summed E-state index contributed by atoms with van der Waals surface area (Å²) in [6.07, 6.45) is 4.82. The molecule has 0 aliphatic rings. The molecule has 0 aromatic heterocycles. The van der Waals surface area contributed by atoms with Crippen molar-refractivity contribution in [3.8, 4) is 0 Å². The van der Waals surface area contributed by atoms with Crippen molar-refractivity contribution in [3.63, 3.8) is 0 Å². The van der Waals surface area contributed by atoms with E-state index in [-0.39, 0.29) is 23.1 Å². The summed E-state index contributed by atoms with van der Waals surface area (Å²) in [6.45, 7) is 13.5. The Bertz CT molecular complexity index is 465. The van der Waals surface area contributed by atoms with Gasteiger partial charge in [-0.25, -0.2) is 24.3 Å². The Morgan fingerprint density at radius 3 is 1.35 bits per heavy atom. The van der Waals surface area contributed by atoms with E-state index in [1.807, 2.05) is 0 Å². The van der Waals surface area contributed by atoms with Crippen molar-refractivity contribution in [1.82, 2.24) is 0 Å². The van der Waals surface area contributed by atoms with E-state index in [0.29, 0.717) is 0 Å². The topological polar surface area (TPSA) is 0 Å². The molecule has 0 saturated heterocycles. The molecule has 23 heavy (non-hydrogen) atoms. The van der Waals surface area contributed by atoms with Crippen LogP contribution in [0, 0.1) is 11.8 Å². The summed E-state index contributed by atoms with van der Waals surface area (Å²) >= 11 is 0. The van der Waals surface area contributed by atoms with Crippen LogP contribution >= 0.6 is 0 Å². The van der Waals surface area contributed by atoms with E-state index in [1.54, 1.807) is 11.1 Å². The molecule has 124 valence electrons. The van der Waals surface area contributed by atoms with E-state index in [2.05, 4.69) is 77.9 Å². The van der Waals surface area contributed by atoms with Crippen LogP contribution in [0.4, 0.5) is 0 Å². The first-order valence-corrected chi connectivity index (χ1v) is 8.94. The Hall–Kier alpha value is -0.534. The molecular weight excluding hydrogens is 289 g/mol. The SMILES string of the molecule is CC[c-]1cccc1CC(C)C.CC[c-]1cccc1CC(C)C.[Mg+2]. The van der Waals surface area contributed by atoms with Gasteiger partial charge in [-0.05, 0) is 24.7 Å². The first-order valence-electron chi connectivity index (χ1n) is 8.94. The van der Waals surface area contributed by atoms with Gasteiger partial charge in [0.25, 0.3) is 0 Å². The fourth-order valence-electron chi connectivity index (χ4n) is 2.96. The maximum Gasteiger partial charge on any atom is 2.00 e. The maximum absolute atomic E-state index is 2.27. The van der Waals surface area contributed by atoms with Gasteiger partial charge in [-0.3, -0.25) is 0 Å². The Morgan fingerprint density at radius 2 is 1.09 bits per heavy atom. The van der Waals surface area contributed by atoms with Crippen molar-refractivity contribution in [2.75, 3.05) is 0 Å². The van der Waals surface area contributed by atoms with Crippen molar-refractivity contribution in [2.24, 2.45) is 11.8 Å². The average molecular weight is 323 g/mol. The van der Waals surface area contributed by atoms with E-state index in [4.69, 9.17) is 0 Å². The minimum atomic E-state index is 0. The third-order valence-electron chi connectivity index (χ3n) is 4.03. The molecule has 0 fully saturated rings. The van der Waals surface area contributed by atoms with E-state index in [0.717, 1.165) is 11.8 Å². The maximum atomic E-state index is 2.27. The van der Waals surface area contributed by atoms with Gasteiger partial charge in [-0.1, -0.05) is 54.4 Å². The van der Waals surface area contributed by atoms with Crippen LogP contribution in [0.1, 0.15) is 63.8 Å². The molecule has 0 bridgehead atoms. The number of hydrogen-bond donors (Lipinski definition) is 0. The van der Waals surface area contributed by atoms with Crippen LogP contribution in [0.25, 0.3) is 0 Å². The van der Waals surface area contributed by atoms with Crippen LogP contribution in [0.2, 0.25) is 0 Å². The normalized spacial score (nSPS) is 10.4. The Kier molecular flexibility index (Phi) is 11.6. The van der Waals surface area contributed by atoms with Crippen LogP contribution in [-0.4, -0.2) is 23.1 Å². The summed E-state index contributed by atoms with van der Waals surface area (Å²) in [6, 6.07) is 13.3. The fraction of sp³-hybridized carbons (Fsp3) is 0.545.